The fraction of sp³-hybridized carbons (Fsp3) is 0.407. The van der Waals surface area contributed by atoms with Crippen LogP contribution in [0.1, 0.15) is 39.3 Å². The highest BCUT2D eigenvalue weighted by molar-refractivity contribution is 7.89. The molecule has 1 fully saturated rings. The van der Waals surface area contributed by atoms with Gasteiger partial charge in [0.15, 0.2) is 5.01 Å². The molecule has 2 unspecified atom stereocenters. The zero-order chi connectivity index (χ0) is 32.5. The third-order valence-electron chi connectivity index (χ3n) is 7.55. The Balaban J connectivity index is 1.38. The first kappa shape index (κ1) is 32.0. The van der Waals surface area contributed by atoms with Crippen LogP contribution in [0.3, 0.4) is 0 Å². The highest BCUT2D eigenvalue weighted by Crippen LogP contribution is 2.29. The van der Waals surface area contributed by atoms with Crippen molar-refractivity contribution in [2.45, 2.75) is 43.4 Å². The van der Waals surface area contributed by atoms with Gasteiger partial charge < -0.3 is 30.4 Å². The molecule has 2 aliphatic rings. The quantitative estimate of drug-likeness (QED) is 0.144. The van der Waals surface area contributed by atoms with Gasteiger partial charge in [-0.3, -0.25) is 25.1 Å². The summed E-state index contributed by atoms with van der Waals surface area (Å²) in [4.78, 5) is 58.6. The molecule has 1 aromatic carbocycles. The van der Waals surface area contributed by atoms with Crippen molar-refractivity contribution in [3.05, 3.63) is 45.4 Å². The van der Waals surface area contributed by atoms with Crippen LogP contribution in [-0.2, 0) is 37.3 Å². The normalized spacial score (nSPS) is 18.7. The summed E-state index contributed by atoms with van der Waals surface area (Å²) < 4.78 is 33.3. The molecule has 4 heterocycles. The number of amidine groups is 1. The van der Waals surface area contributed by atoms with Crippen LogP contribution in [0.5, 0.6) is 0 Å². The second kappa shape index (κ2) is 12.9. The van der Waals surface area contributed by atoms with Crippen LogP contribution in [0.15, 0.2) is 29.3 Å². The van der Waals surface area contributed by atoms with Gasteiger partial charge in [-0.05, 0) is 31.2 Å². The number of aliphatic carboxylic acids is 1. The lowest BCUT2D eigenvalue weighted by molar-refractivity contribution is -0.138. The lowest BCUT2D eigenvalue weighted by Crippen LogP contribution is -2.57. The van der Waals surface area contributed by atoms with Gasteiger partial charge in [-0.1, -0.05) is 0 Å². The number of alkyl carbamates (subject to hydrolysis) is 1. The number of carbonyl (C=O) groups excluding carboxylic acids is 3. The number of carboxylic acid groups (broad SMARTS) is 1. The van der Waals surface area contributed by atoms with Crippen LogP contribution in [-0.4, -0.2) is 108 Å². The SMILES string of the molecule is COC(=O)NC(=N)c1ccc2[nH]c(S(=O)(=O)N3CCN(C(=O)c4nc5c(s4)CNC(C)C5)C(CC(=O)NCC(=O)O)C3)cc2c1. The highest BCUT2D eigenvalue weighted by atomic mass is 32.2. The van der Waals surface area contributed by atoms with Gasteiger partial charge in [-0.25, -0.2) is 18.2 Å². The number of thiazole rings is 1. The molecule has 16 nitrogen and oxygen atoms in total. The van der Waals surface area contributed by atoms with E-state index in [9.17, 15) is 27.6 Å². The molecule has 6 N–H and O–H groups in total. The van der Waals surface area contributed by atoms with Crippen molar-refractivity contribution >= 4 is 62.0 Å². The number of H-pyrrole nitrogens is 1. The molecular weight excluding hydrogens is 628 g/mol. The molecule has 0 spiro atoms. The summed E-state index contributed by atoms with van der Waals surface area (Å²) >= 11 is 1.26. The van der Waals surface area contributed by atoms with Crippen LogP contribution in [0.4, 0.5) is 4.79 Å². The number of aromatic amines is 1. The largest absolute Gasteiger partial charge is 0.480 e. The molecular formula is C27H32N8O8S2. The summed E-state index contributed by atoms with van der Waals surface area (Å²) in [6, 6.07) is 5.37. The predicted molar refractivity (Wildman–Crippen MR) is 162 cm³/mol. The summed E-state index contributed by atoms with van der Waals surface area (Å²) in [6.45, 7) is 1.70. The molecule has 3 amide bonds. The molecule has 45 heavy (non-hydrogen) atoms. The number of nitrogens with zero attached hydrogens (tertiary/aromatic N) is 3. The number of nitrogens with one attached hydrogen (secondary N) is 5. The van der Waals surface area contributed by atoms with Crippen molar-refractivity contribution in [1.82, 2.24) is 35.1 Å². The summed E-state index contributed by atoms with van der Waals surface area (Å²) in [7, 11) is -2.98. The monoisotopic (exact) mass is 660 g/mol. The molecule has 3 aromatic rings. The van der Waals surface area contributed by atoms with Gasteiger partial charge in [-0.2, -0.15) is 4.31 Å². The molecule has 0 saturated carbocycles. The maximum absolute atomic E-state index is 13.8. The number of carboxylic acids is 1. The number of rotatable bonds is 8. The van der Waals surface area contributed by atoms with E-state index in [1.807, 2.05) is 6.92 Å². The number of amides is 3. The fourth-order valence-corrected chi connectivity index (χ4v) is 7.72. The third-order valence-corrected chi connectivity index (χ3v) is 10.4. The molecule has 0 aliphatic carbocycles. The Bertz CT molecular complexity index is 1790. The number of methoxy groups -OCH3 is 1. The van der Waals surface area contributed by atoms with Crippen LogP contribution < -0.4 is 16.0 Å². The minimum atomic E-state index is -4.15. The summed E-state index contributed by atoms with van der Waals surface area (Å²) in [6.07, 6.45) is -0.469. The van der Waals surface area contributed by atoms with Crippen LogP contribution >= 0.6 is 11.3 Å². The number of aromatic nitrogens is 2. The Kier molecular flexibility index (Phi) is 9.19. The highest BCUT2D eigenvalue weighted by Gasteiger charge is 2.39. The molecule has 2 aromatic heterocycles. The van der Waals surface area contributed by atoms with Gasteiger partial charge in [-0.15, -0.1) is 11.3 Å². The molecule has 18 heteroatoms. The number of benzene rings is 1. The van der Waals surface area contributed by atoms with Crippen LogP contribution in [0, 0.1) is 5.41 Å². The van der Waals surface area contributed by atoms with E-state index in [1.165, 1.54) is 39.8 Å². The Morgan fingerprint density at radius 2 is 2.00 bits per heavy atom. The zero-order valence-corrected chi connectivity index (χ0v) is 26.0. The number of ether oxygens (including phenoxy) is 1. The van der Waals surface area contributed by atoms with E-state index in [4.69, 9.17) is 10.5 Å². The van der Waals surface area contributed by atoms with Crippen molar-refractivity contribution in [2.75, 3.05) is 33.3 Å². The molecule has 2 aliphatic heterocycles. The first-order chi connectivity index (χ1) is 21.3. The maximum Gasteiger partial charge on any atom is 0.412 e. The lowest BCUT2D eigenvalue weighted by atomic mass is 10.1. The maximum atomic E-state index is 13.8. The number of piperazine rings is 1. The van der Waals surface area contributed by atoms with E-state index in [2.05, 4.69) is 30.7 Å². The summed E-state index contributed by atoms with van der Waals surface area (Å²) in [5.74, 6) is -2.53. The van der Waals surface area contributed by atoms with E-state index in [-0.39, 0.29) is 48.0 Å². The second-order valence-electron chi connectivity index (χ2n) is 10.7. The van der Waals surface area contributed by atoms with Gasteiger partial charge in [0, 0.05) is 66.4 Å². The van der Waals surface area contributed by atoms with Crippen molar-refractivity contribution in [1.29, 1.82) is 5.41 Å². The zero-order valence-electron chi connectivity index (χ0n) is 24.4. The van der Waals surface area contributed by atoms with E-state index in [0.717, 1.165) is 10.6 Å². The Morgan fingerprint density at radius 1 is 1.22 bits per heavy atom. The van der Waals surface area contributed by atoms with Crippen molar-refractivity contribution in [3.63, 3.8) is 0 Å². The second-order valence-corrected chi connectivity index (χ2v) is 13.7. The van der Waals surface area contributed by atoms with E-state index < -0.39 is 46.5 Å². The number of hydrogen-bond donors (Lipinski definition) is 6. The summed E-state index contributed by atoms with van der Waals surface area (Å²) in [5, 5.41) is 25.5. The minimum absolute atomic E-state index is 0.0193. The lowest BCUT2D eigenvalue weighted by Gasteiger charge is -2.40. The minimum Gasteiger partial charge on any atom is -0.480 e. The Hall–Kier alpha value is -4.39. The first-order valence-electron chi connectivity index (χ1n) is 13.9. The summed E-state index contributed by atoms with van der Waals surface area (Å²) in [5.41, 5.74) is 1.63. The topological polar surface area (TPSA) is 227 Å². The smallest absolute Gasteiger partial charge is 0.412 e. The average molecular weight is 661 g/mol. The van der Waals surface area contributed by atoms with Crippen molar-refractivity contribution in [3.8, 4) is 0 Å². The standard InChI is InChI=1S/C27H32N8O8S2/c1-14-7-19-20(11-29-14)44-25(32-19)26(39)35-6-5-34(13-17(35)10-21(36)30-12-23(37)38)45(41,42)22-9-16-8-15(3-4-18(16)31-22)24(28)33-27(40)43-2/h3-4,8-9,14,17,29,31H,5-7,10-13H2,1-2H3,(H,30,36)(H,37,38)(H2,28,33,40). The van der Waals surface area contributed by atoms with E-state index in [0.29, 0.717) is 29.4 Å². The Morgan fingerprint density at radius 3 is 2.73 bits per heavy atom. The molecule has 1 saturated heterocycles. The van der Waals surface area contributed by atoms with Gasteiger partial charge in [0.25, 0.3) is 15.9 Å². The van der Waals surface area contributed by atoms with Crippen molar-refractivity contribution in [2.24, 2.45) is 0 Å². The number of sulfonamides is 1. The van der Waals surface area contributed by atoms with Crippen LogP contribution in [0.25, 0.3) is 10.9 Å². The van der Waals surface area contributed by atoms with E-state index in [1.54, 1.807) is 12.1 Å². The van der Waals surface area contributed by atoms with Crippen molar-refractivity contribution < 1.29 is 37.4 Å². The van der Waals surface area contributed by atoms with Crippen LogP contribution in [0.2, 0.25) is 0 Å². The molecule has 5 rings (SSSR count). The fourth-order valence-electron chi connectivity index (χ4n) is 5.24. The molecule has 2 atom stereocenters. The van der Waals surface area contributed by atoms with Gasteiger partial charge in [0.2, 0.25) is 5.91 Å². The number of carbonyl (C=O) groups is 4. The van der Waals surface area contributed by atoms with E-state index >= 15 is 0 Å². The third kappa shape index (κ3) is 6.98. The van der Waals surface area contributed by atoms with Gasteiger partial charge >= 0.3 is 12.1 Å². The number of hydrogen-bond acceptors (Lipinski definition) is 11. The molecule has 240 valence electrons. The Labute approximate surface area is 261 Å². The number of fused-ring (bicyclic) bond motifs is 2. The molecule has 0 radical (unpaired) electrons. The molecule has 0 bridgehead atoms. The average Bonchev–Trinajstić information content (AvgIpc) is 3.63. The first-order valence-corrected chi connectivity index (χ1v) is 16.2. The predicted octanol–water partition coefficient (Wildman–Crippen LogP) is 0.446. The van der Waals surface area contributed by atoms with Gasteiger partial charge in [0.1, 0.15) is 17.4 Å². The van der Waals surface area contributed by atoms with Gasteiger partial charge in [0.05, 0.1) is 18.8 Å².